The molecule has 1 aromatic carbocycles. The first-order valence-electron chi connectivity index (χ1n) is 4.73. The molecule has 0 aromatic heterocycles. The minimum atomic E-state index is 0.581. The number of rotatable bonds is 3. The third-order valence-corrected chi connectivity index (χ3v) is 3.10. The maximum absolute atomic E-state index is 8.96. The molecular weight excluding hydrogens is 320 g/mol. The van der Waals surface area contributed by atoms with Crippen LogP contribution in [0.5, 0.6) is 0 Å². The van der Waals surface area contributed by atoms with Crippen LogP contribution in [0, 0.1) is 14.9 Å². The highest BCUT2D eigenvalue weighted by molar-refractivity contribution is 14.1. The first-order valence-corrected chi connectivity index (χ1v) is 6.19. The third-order valence-electron chi connectivity index (χ3n) is 1.98. The zero-order valence-corrected chi connectivity index (χ0v) is 11.3. The number of benzene rings is 1. The normalized spacial score (nSPS) is 11.9. The fourth-order valence-electron chi connectivity index (χ4n) is 1.26. The van der Waals surface area contributed by atoms with E-state index in [2.05, 4.69) is 28.7 Å². The minimum absolute atomic E-state index is 0.581. The van der Waals surface area contributed by atoms with Crippen molar-refractivity contribution in [1.82, 2.24) is 0 Å². The van der Waals surface area contributed by atoms with Crippen LogP contribution in [0.1, 0.15) is 25.3 Å². The molecule has 0 radical (unpaired) electrons. The molecule has 78 valence electrons. The molecule has 0 unspecified atom stereocenters. The van der Waals surface area contributed by atoms with E-state index < -0.39 is 0 Å². The number of hydrogen-bond acceptors (Lipinski definition) is 1. The molecule has 1 nitrogen and oxygen atoms in total. The van der Waals surface area contributed by atoms with Gasteiger partial charge in [-0.15, -0.1) is 0 Å². The summed E-state index contributed by atoms with van der Waals surface area (Å²) >= 11 is 8.41. The van der Waals surface area contributed by atoms with Gasteiger partial charge >= 0.3 is 0 Å². The second kappa shape index (κ2) is 6.14. The van der Waals surface area contributed by atoms with Crippen molar-refractivity contribution in [3.63, 3.8) is 0 Å². The first kappa shape index (κ1) is 12.5. The maximum atomic E-state index is 8.96. The average molecular weight is 332 g/mol. The number of hydrogen-bond donors (Lipinski definition) is 0. The summed E-state index contributed by atoms with van der Waals surface area (Å²) in [6, 6.07) is 10.0. The predicted molar refractivity (Wildman–Crippen MR) is 72.5 cm³/mol. The molecule has 3 heteroatoms. The van der Waals surface area contributed by atoms with Crippen LogP contribution in [0.25, 0.3) is 5.03 Å². The van der Waals surface area contributed by atoms with Crippen LogP contribution in [-0.4, -0.2) is 0 Å². The largest absolute Gasteiger partial charge is 0.193 e. The van der Waals surface area contributed by atoms with Crippen LogP contribution in [0.3, 0.4) is 0 Å². The van der Waals surface area contributed by atoms with E-state index in [1.807, 2.05) is 31.2 Å². The fraction of sp³-hybridized carbons (Fsp3) is 0.250. The van der Waals surface area contributed by atoms with Crippen molar-refractivity contribution in [1.29, 1.82) is 5.26 Å². The molecule has 0 heterocycles. The Labute approximate surface area is 109 Å². The summed E-state index contributed by atoms with van der Waals surface area (Å²) < 4.78 is 1.12. The van der Waals surface area contributed by atoms with Crippen LogP contribution in [-0.2, 0) is 0 Å². The Bertz CT molecular complexity index is 418. The lowest BCUT2D eigenvalue weighted by atomic mass is 10.1. The second-order valence-electron chi connectivity index (χ2n) is 3.16. The Kier molecular flexibility index (Phi) is 5.13. The van der Waals surface area contributed by atoms with Gasteiger partial charge in [-0.3, -0.25) is 0 Å². The molecule has 1 aromatic rings. The lowest BCUT2D eigenvalue weighted by molar-refractivity contribution is 0.933. The van der Waals surface area contributed by atoms with Crippen molar-refractivity contribution in [2.24, 2.45) is 0 Å². The smallest absolute Gasteiger partial charge is 0.0962 e. The summed E-state index contributed by atoms with van der Waals surface area (Å²) in [6.45, 7) is 2.04. The molecule has 0 aliphatic heterocycles. The number of halogens is 2. The van der Waals surface area contributed by atoms with Gasteiger partial charge in [0.15, 0.2) is 0 Å². The topological polar surface area (TPSA) is 23.8 Å². The van der Waals surface area contributed by atoms with E-state index in [1.165, 1.54) is 0 Å². The van der Waals surface area contributed by atoms with E-state index in [0.717, 1.165) is 22.0 Å². The van der Waals surface area contributed by atoms with Crippen molar-refractivity contribution < 1.29 is 0 Å². The van der Waals surface area contributed by atoms with Gasteiger partial charge in [-0.2, -0.15) is 5.26 Å². The Hall–Kier alpha value is -0.530. The van der Waals surface area contributed by atoms with Gasteiger partial charge in [0, 0.05) is 9.14 Å². The monoisotopic (exact) mass is 331 g/mol. The zero-order chi connectivity index (χ0) is 11.3. The predicted octanol–water partition coefficient (Wildman–Crippen LogP) is 4.56. The standard InChI is InChI=1S/C12H11ClIN/c1-2-4-10(8-15)12(13)9-5-3-6-11(14)7-9/h3,5-7H,2,4H2,1H3/b12-10-. The molecule has 0 bridgehead atoms. The third kappa shape index (κ3) is 3.51. The number of nitriles is 1. The van der Waals surface area contributed by atoms with Crippen LogP contribution in [0.4, 0.5) is 0 Å². The van der Waals surface area contributed by atoms with Crippen molar-refractivity contribution in [2.75, 3.05) is 0 Å². The molecule has 0 fully saturated rings. The highest BCUT2D eigenvalue weighted by Crippen LogP contribution is 2.26. The van der Waals surface area contributed by atoms with Crippen LogP contribution in [0.2, 0.25) is 0 Å². The van der Waals surface area contributed by atoms with Gasteiger partial charge < -0.3 is 0 Å². The summed E-state index contributed by atoms with van der Waals surface area (Å²) in [7, 11) is 0. The summed E-state index contributed by atoms with van der Waals surface area (Å²) in [4.78, 5) is 0. The molecule has 15 heavy (non-hydrogen) atoms. The molecule has 1 rings (SSSR count). The Balaban J connectivity index is 3.11. The average Bonchev–Trinajstić information content (AvgIpc) is 2.25. The highest BCUT2D eigenvalue weighted by atomic mass is 127. The minimum Gasteiger partial charge on any atom is -0.193 e. The Morgan fingerprint density at radius 1 is 1.53 bits per heavy atom. The quantitative estimate of drug-likeness (QED) is 0.588. The van der Waals surface area contributed by atoms with Gasteiger partial charge in [0.25, 0.3) is 0 Å². The highest BCUT2D eigenvalue weighted by Gasteiger charge is 2.06. The van der Waals surface area contributed by atoms with Gasteiger partial charge in [-0.05, 0) is 46.7 Å². The van der Waals surface area contributed by atoms with E-state index in [4.69, 9.17) is 16.9 Å². The molecule has 0 saturated heterocycles. The van der Waals surface area contributed by atoms with Crippen molar-refractivity contribution in [2.45, 2.75) is 19.8 Å². The first-order chi connectivity index (χ1) is 7.19. The van der Waals surface area contributed by atoms with Crippen molar-refractivity contribution in [3.8, 4) is 6.07 Å². The van der Waals surface area contributed by atoms with E-state index in [0.29, 0.717) is 10.6 Å². The summed E-state index contributed by atoms with van der Waals surface area (Å²) in [6.07, 6.45) is 1.67. The lowest BCUT2D eigenvalue weighted by Crippen LogP contribution is -1.86. The van der Waals surface area contributed by atoms with E-state index >= 15 is 0 Å². The van der Waals surface area contributed by atoms with Gasteiger partial charge in [0.2, 0.25) is 0 Å². The summed E-state index contributed by atoms with van der Waals surface area (Å²) in [5.41, 5.74) is 1.59. The lowest BCUT2D eigenvalue weighted by Gasteiger charge is -2.03. The van der Waals surface area contributed by atoms with Crippen LogP contribution in [0.15, 0.2) is 29.8 Å². The van der Waals surface area contributed by atoms with Crippen molar-refractivity contribution in [3.05, 3.63) is 39.0 Å². The summed E-state index contributed by atoms with van der Waals surface area (Å²) in [5.74, 6) is 0. The van der Waals surface area contributed by atoms with Gasteiger partial charge in [0.1, 0.15) is 0 Å². The second-order valence-corrected chi connectivity index (χ2v) is 4.79. The molecule has 0 atom stereocenters. The Morgan fingerprint density at radius 2 is 2.27 bits per heavy atom. The van der Waals surface area contributed by atoms with E-state index in [9.17, 15) is 0 Å². The molecule has 0 aliphatic rings. The number of allylic oxidation sites excluding steroid dienone is 1. The number of nitrogens with zero attached hydrogens (tertiary/aromatic N) is 1. The zero-order valence-electron chi connectivity index (χ0n) is 8.43. The van der Waals surface area contributed by atoms with Crippen LogP contribution >= 0.6 is 34.2 Å². The summed E-state index contributed by atoms with van der Waals surface area (Å²) in [5, 5.41) is 9.55. The molecule has 0 spiro atoms. The van der Waals surface area contributed by atoms with Crippen molar-refractivity contribution >= 4 is 39.2 Å². The molecule has 0 amide bonds. The van der Waals surface area contributed by atoms with Gasteiger partial charge in [-0.1, -0.05) is 37.1 Å². The fourth-order valence-corrected chi connectivity index (χ4v) is 2.06. The Morgan fingerprint density at radius 3 is 2.80 bits per heavy atom. The molecule has 0 saturated carbocycles. The molecule has 0 N–H and O–H groups in total. The maximum Gasteiger partial charge on any atom is 0.0962 e. The SMILES string of the molecule is CCC/C(C#N)=C(/Cl)c1cccc(I)c1. The molecular formula is C12H11ClIN. The molecule has 0 aliphatic carbocycles. The van der Waals surface area contributed by atoms with Gasteiger partial charge in [-0.25, -0.2) is 0 Å². The van der Waals surface area contributed by atoms with E-state index in [1.54, 1.807) is 0 Å². The van der Waals surface area contributed by atoms with E-state index in [-0.39, 0.29) is 0 Å². The van der Waals surface area contributed by atoms with Crippen LogP contribution < -0.4 is 0 Å². The van der Waals surface area contributed by atoms with Gasteiger partial charge in [0.05, 0.1) is 11.1 Å².